The molecule has 0 amide bonds. The second-order valence-corrected chi connectivity index (χ2v) is 13.6. The first kappa shape index (κ1) is 20.7. The number of rotatable bonds is 8. The number of nitrogens with one attached hydrogen (secondary N) is 1. The quantitative estimate of drug-likeness (QED) is 0.362. The van der Waals surface area contributed by atoms with Gasteiger partial charge < -0.3 is 0 Å². The molecule has 9 heteroatoms. The number of nitrogens with two attached hydrogens (primary N) is 1. The van der Waals surface area contributed by atoms with Gasteiger partial charge in [0, 0.05) is 0 Å². The Morgan fingerprint density at radius 3 is 2.90 bits per heavy atom. The monoisotopic (exact) mass is 533 g/mol. The summed E-state index contributed by atoms with van der Waals surface area (Å²) in [5.74, 6) is 0. The SMILES string of the molecule is N[C@@H](Cc1ccc2c(cnn2Cc2ccccc2)c1)C[N]1CC[C](Nc2nncs2)=[In]1. The van der Waals surface area contributed by atoms with Crippen molar-refractivity contribution < 1.29 is 0 Å². The molecule has 0 fully saturated rings. The molecule has 1 aliphatic rings. The van der Waals surface area contributed by atoms with Gasteiger partial charge in [0.25, 0.3) is 0 Å². The van der Waals surface area contributed by atoms with E-state index in [4.69, 9.17) is 5.73 Å². The first-order valence-corrected chi connectivity index (χ1v) is 14.4. The zero-order valence-electron chi connectivity index (χ0n) is 17.2. The number of nitrogens with zero attached hydrogens (tertiary/aromatic N) is 5. The van der Waals surface area contributed by atoms with Crippen molar-refractivity contribution in [3.05, 3.63) is 71.4 Å². The van der Waals surface area contributed by atoms with Gasteiger partial charge in [-0.2, -0.15) is 0 Å². The maximum absolute atomic E-state index is 6.54. The van der Waals surface area contributed by atoms with Crippen molar-refractivity contribution in [1.82, 2.24) is 22.9 Å². The first-order chi connectivity index (χ1) is 15.2. The summed E-state index contributed by atoms with van der Waals surface area (Å²) in [4.78, 5) is 0. The van der Waals surface area contributed by atoms with Crippen LogP contribution < -0.4 is 11.1 Å². The van der Waals surface area contributed by atoms with Gasteiger partial charge >= 0.3 is 179 Å². The third-order valence-electron chi connectivity index (χ3n) is 5.48. The number of hydrogen-bond acceptors (Lipinski definition) is 7. The predicted molar refractivity (Wildman–Crippen MR) is 127 cm³/mol. The third kappa shape index (κ3) is 5.16. The molecule has 0 bridgehead atoms. The van der Waals surface area contributed by atoms with Gasteiger partial charge in [0.05, 0.1) is 0 Å². The molecule has 2 aromatic heterocycles. The van der Waals surface area contributed by atoms with Crippen molar-refractivity contribution in [2.75, 3.05) is 18.4 Å². The average Bonchev–Trinajstić information content (AvgIpc) is 3.52. The van der Waals surface area contributed by atoms with E-state index < -0.39 is 22.7 Å². The average molecular weight is 533 g/mol. The van der Waals surface area contributed by atoms with E-state index in [0.717, 1.165) is 43.1 Å². The molecule has 156 valence electrons. The van der Waals surface area contributed by atoms with Crippen LogP contribution in [0.2, 0.25) is 0 Å². The van der Waals surface area contributed by atoms with Gasteiger partial charge in [-0.1, -0.05) is 18.2 Å². The molecule has 1 aliphatic heterocycles. The van der Waals surface area contributed by atoms with E-state index in [0.29, 0.717) is 0 Å². The summed E-state index contributed by atoms with van der Waals surface area (Å²) in [5, 5.41) is 18.1. The fraction of sp³-hybridized carbons (Fsp3) is 0.273. The summed E-state index contributed by atoms with van der Waals surface area (Å²) in [7, 11) is 0. The Morgan fingerprint density at radius 2 is 2.06 bits per heavy atom. The second kappa shape index (κ2) is 9.50. The number of aromatic nitrogens is 4. The summed E-state index contributed by atoms with van der Waals surface area (Å²) >= 11 is 0.593. The molecule has 0 spiro atoms. The molecular formula is C22H24InN7S. The van der Waals surface area contributed by atoms with Crippen molar-refractivity contribution in [3.8, 4) is 0 Å². The molecule has 7 nitrogen and oxygen atoms in total. The Labute approximate surface area is 196 Å². The van der Waals surface area contributed by atoms with Gasteiger partial charge in [-0.3, -0.25) is 0 Å². The van der Waals surface area contributed by atoms with Crippen molar-refractivity contribution >= 4 is 53.5 Å². The number of benzene rings is 2. The van der Waals surface area contributed by atoms with Crippen molar-refractivity contribution in [3.63, 3.8) is 0 Å². The van der Waals surface area contributed by atoms with Crippen LogP contribution in [0.4, 0.5) is 5.13 Å². The molecule has 31 heavy (non-hydrogen) atoms. The summed E-state index contributed by atoms with van der Waals surface area (Å²) in [5.41, 5.74) is 12.0. The predicted octanol–water partition coefficient (Wildman–Crippen LogP) is 2.37. The molecule has 2 aromatic carbocycles. The second-order valence-electron chi connectivity index (χ2n) is 7.91. The third-order valence-corrected chi connectivity index (χ3v) is 10.6. The fourth-order valence-electron chi connectivity index (χ4n) is 4.03. The summed E-state index contributed by atoms with van der Waals surface area (Å²) in [6, 6.07) is 17.2. The topological polar surface area (TPSA) is 84.9 Å². The Balaban J connectivity index is 1.20. The van der Waals surface area contributed by atoms with Gasteiger partial charge in [-0.05, 0) is 0 Å². The van der Waals surface area contributed by atoms with E-state index >= 15 is 0 Å². The molecule has 4 aromatic rings. The van der Waals surface area contributed by atoms with Crippen LogP contribution >= 0.6 is 11.3 Å². The van der Waals surface area contributed by atoms with Crippen LogP contribution in [0, 0.1) is 0 Å². The van der Waals surface area contributed by atoms with Crippen molar-refractivity contribution in [2.45, 2.75) is 25.4 Å². The minimum atomic E-state index is -0.963. The van der Waals surface area contributed by atoms with Crippen LogP contribution in [-0.2, 0) is 13.0 Å². The molecule has 3 N–H and O–H groups in total. The van der Waals surface area contributed by atoms with Crippen LogP contribution in [0.5, 0.6) is 0 Å². The van der Waals surface area contributed by atoms with Crippen LogP contribution in [-0.4, -0.2) is 68.1 Å². The summed E-state index contributed by atoms with van der Waals surface area (Å²) < 4.78 is 6.14. The Kier molecular flexibility index (Phi) is 6.33. The van der Waals surface area contributed by atoms with E-state index in [1.807, 2.05) is 12.3 Å². The van der Waals surface area contributed by atoms with Crippen LogP contribution in [0.3, 0.4) is 0 Å². The van der Waals surface area contributed by atoms with E-state index in [9.17, 15) is 0 Å². The Hall–Kier alpha value is -2.23. The maximum atomic E-state index is 6.54. The summed E-state index contributed by atoms with van der Waals surface area (Å²) in [6.45, 7) is 2.86. The molecule has 3 heterocycles. The number of hydrogen-bond donors (Lipinski definition) is 2. The molecule has 1 atom stereocenters. The minimum absolute atomic E-state index is 0.143. The van der Waals surface area contributed by atoms with E-state index in [1.54, 1.807) is 16.8 Å². The molecule has 0 aliphatic carbocycles. The normalized spacial score (nSPS) is 14.5. The first-order valence-electron chi connectivity index (χ1n) is 10.4. The Morgan fingerprint density at radius 1 is 1.16 bits per heavy atom. The van der Waals surface area contributed by atoms with E-state index in [2.05, 4.69) is 70.6 Å². The molecule has 0 unspecified atom stereocenters. The zero-order valence-corrected chi connectivity index (χ0v) is 21.3. The zero-order chi connectivity index (χ0) is 21.0. The van der Waals surface area contributed by atoms with Gasteiger partial charge in [-0.25, -0.2) is 0 Å². The fourth-order valence-corrected chi connectivity index (χ4v) is 9.19. The van der Waals surface area contributed by atoms with Crippen molar-refractivity contribution in [2.24, 2.45) is 5.73 Å². The van der Waals surface area contributed by atoms with E-state index in [-0.39, 0.29) is 6.04 Å². The van der Waals surface area contributed by atoms with Crippen molar-refractivity contribution in [1.29, 1.82) is 0 Å². The van der Waals surface area contributed by atoms with Crippen LogP contribution in [0.15, 0.2) is 60.2 Å². The standard InChI is InChI=1S/C22H24N7S.In/c23-20(14-24-9-4-10-25-22-28-26-16-30-22)12-18-7-8-21-19(11-18)13-27-29(21)15-17-5-2-1-3-6-17;/h1-3,5-8,11,13,16,20H,4,9,12,14-15,23H2,(H,25,28);/q-1;+1/t20-;/m0./s1. The van der Waals surface area contributed by atoms with Gasteiger partial charge in [0.1, 0.15) is 0 Å². The summed E-state index contributed by atoms with van der Waals surface area (Å²) in [6.07, 6.45) is 3.96. The van der Waals surface area contributed by atoms with E-state index in [1.165, 1.54) is 19.9 Å². The van der Waals surface area contributed by atoms with Gasteiger partial charge in [-0.15, -0.1) is 0 Å². The molecule has 0 saturated heterocycles. The molecular weight excluding hydrogens is 509 g/mol. The van der Waals surface area contributed by atoms with Crippen LogP contribution in [0.1, 0.15) is 17.5 Å². The van der Waals surface area contributed by atoms with Gasteiger partial charge in [0.2, 0.25) is 0 Å². The molecule has 5 rings (SSSR count). The number of fused-ring (bicyclic) bond motifs is 1. The number of anilines is 1. The van der Waals surface area contributed by atoms with Crippen LogP contribution in [0.25, 0.3) is 10.9 Å². The molecule has 0 saturated carbocycles. The van der Waals surface area contributed by atoms with Gasteiger partial charge in [0.15, 0.2) is 0 Å². The Bertz CT molecular complexity index is 1170. The molecule has 0 radical (unpaired) electrons.